The van der Waals surface area contributed by atoms with Crippen molar-refractivity contribution in [1.29, 1.82) is 0 Å². The van der Waals surface area contributed by atoms with Gasteiger partial charge in [0.05, 0.1) is 12.2 Å². The molecule has 1 aliphatic heterocycles. The Bertz CT molecular complexity index is 484. The fourth-order valence-corrected chi connectivity index (χ4v) is 2.44. The van der Waals surface area contributed by atoms with Gasteiger partial charge in [0, 0.05) is 12.4 Å². The van der Waals surface area contributed by atoms with Crippen LogP contribution in [0, 0.1) is 0 Å². The van der Waals surface area contributed by atoms with Crippen molar-refractivity contribution in [2.75, 3.05) is 6.54 Å². The van der Waals surface area contributed by atoms with Crippen LogP contribution in [0.15, 0.2) is 18.6 Å². The van der Waals surface area contributed by atoms with Crippen molar-refractivity contribution >= 4 is 5.65 Å². The van der Waals surface area contributed by atoms with E-state index in [1.165, 1.54) is 25.7 Å². The summed E-state index contributed by atoms with van der Waals surface area (Å²) < 4.78 is 2.03. The lowest BCUT2D eigenvalue weighted by Gasteiger charge is -2.19. The molecule has 0 saturated carbocycles. The van der Waals surface area contributed by atoms with Gasteiger partial charge in [-0.3, -0.25) is 9.38 Å². The van der Waals surface area contributed by atoms with Crippen LogP contribution < -0.4 is 5.32 Å². The third-order valence-corrected chi connectivity index (χ3v) is 3.36. The van der Waals surface area contributed by atoms with E-state index in [9.17, 15) is 0 Å². The summed E-state index contributed by atoms with van der Waals surface area (Å²) in [5, 5.41) is 12.0. The van der Waals surface area contributed by atoms with Crippen LogP contribution in [0.1, 0.15) is 44.0 Å². The van der Waals surface area contributed by atoms with Crippen LogP contribution in [0.4, 0.5) is 0 Å². The number of rotatable bonds is 1. The van der Waals surface area contributed by atoms with Crippen molar-refractivity contribution in [3.63, 3.8) is 0 Å². The Morgan fingerprint density at radius 3 is 3.12 bits per heavy atom. The minimum absolute atomic E-state index is 0.327. The Kier molecular flexibility index (Phi) is 3.00. The molecule has 1 atom stereocenters. The van der Waals surface area contributed by atoms with E-state index < -0.39 is 0 Å². The van der Waals surface area contributed by atoms with Gasteiger partial charge in [0.25, 0.3) is 0 Å². The summed E-state index contributed by atoms with van der Waals surface area (Å²) in [5.41, 5.74) is 0.825. The van der Waals surface area contributed by atoms with Crippen molar-refractivity contribution in [3.8, 4) is 0 Å². The minimum atomic E-state index is 0.327. The molecule has 1 aliphatic rings. The van der Waals surface area contributed by atoms with Gasteiger partial charge in [0.2, 0.25) is 0 Å². The first kappa shape index (κ1) is 10.7. The van der Waals surface area contributed by atoms with Gasteiger partial charge in [-0.1, -0.05) is 19.3 Å². The summed E-state index contributed by atoms with van der Waals surface area (Å²) in [5.74, 6) is 1.02. The van der Waals surface area contributed by atoms with Crippen LogP contribution in [-0.4, -0.2) is 26.1 Å². The first-order valence-corrected chi connectivity index (χ1v) is 6.33. The van der Waals surface area contributed by atoms with E-state index in [0.29, 0.717) is 6.04 Å². The van der Waals surface area contributed by atoms with Gasteiger partial charge >= 0.3 is 0 Å². The molecule has 0 aromatic carbocycles. The average molecular weight is 231 g/mol. The summed E-state index contributed by atoms with van der Waals surface area (Å²) in [6.07, 6.45) is 11.8. The van der Waals surface area contributed by atoms with Gasteiger partial charge in [-0.2, -0.15) is 0 Å². The first-order chi connectivity index (χ1) is 8.45. The second kappa shape index (κ2) is 4.79. The van der Waals surface area contributed by atoms with E-state index >= 15 is 0 Å². The molecule has 3 heterocycles. The molecule has 0 amide bonds. The molecule has 90 valence electrons. The molecule has 3 rings (SSSR count). The molecule has 17 heavy (non-hydrogen) atoms. The Labute approximate surface area is 100 Å². The lowest BCUT2D eigenvalue weighted by Crippen LogP contribution is -2.25. The fourth-order valence-electron chi connectivity index (χ4n) is 2.44. The topological polar surface area (TPSA) is 55.1 Å². The molecule has 0 spiro atoms. The van der Waals surface area contributed by atoms with Gasteiger partial charge in [-0.15, -0.1) is 10.2 Å². The summed E-state index contributed by atoms with van der Waals surface area (Å²) in [6.45, 7) is 1.07. The third kappa shape index (κ3) is 2.15. The molecule has 5 heteroatoms. The average Bonchev–Trinajstić information content (AvgIpc) is 2.73. The minimum Gasteiger partial charge on any atom is -0.307 e. The third-order valence-electron chi connectivity index (χ3n) is 3.36. The Hall–Kier alpha value is -1.49. The number of nitrogens with zero attached hydrogens (tertiary/aromatic N) is 4. The zero-order chi connectivity index (χ0) is 11.5. The van der Waals surface area contributed by atoms with E-state index in [1.54, 1.807) is 12.4 Å². The monoisotopic (exact) mass is 231 g/mol. The van der Waals surface area contributed by atoms with Crippen molar-refractivity contribution in [1.82, 2.24) is 24.9 Å². The molecular formula is C12H17N5. The maximum absolute atomic E-state index is 4.30. The number of hydrogen-bond donors (Lipinski definition) is 1. The second-order valence-corrected chi connectivity index (χ2v) is 4.57. The van der Waals surface area contributed by atoms with Gasteiger partial charge in [-0.05, 0) is 19.4 Å². The highest BCUT2D eigenvalue weighted by molar-refractivity contribution is 5.34. The van der Waals surface area contributed by atoms with Crippen molar-refractivity contribution < 1.29 is 0 Å². The smallest absolute Gasteiger partial charge is 0.179 e. The largest absolute Gasteiger partial charge is 0.307 e. The molecule has 5 nitrogen and oxygen atoms in total. The van der Waals surface area contributed by atoms with E-state index in [4.69, 9.17) is 0 Å². The van der Waals surface area contributed by atoms with Gasteiger partial charge in [-0.25, -0.2) is 0 Å². The van der Waals surface area contributed by atoms with E-state index in [2.05, 4.69) is 20.5 Å². The molecule has 0 radical (unpaired) electrons. The lowest BCUT2D eigenvalue weighted by atomic mass is 10.0. The van der Waals surface area contributed by atoms with Gasteiger partial charge < -0.3 is 5.32 Å². The lowest BCUT2D eigenvalue weighted by molar-refractivity contribution is 0.411. The number of nitrogens with one attached hydrogen (secondary N) is 1. The molecular weight excluding hydrogens is 214 g/mol. The standard InChI is InChI=1S/C12H17N5/c1-2-4-6-14-10(5-3-1)12-16-15-11-9-13-7-8-17(11)12/h7-10,14H,1-6H2. The van der Waals surface area contributed by atoms with E-state index in [-0.39, 0.29) is 0 Å². The van der Waals surface area contributed by atoms with Crippen LogP contribution in [0.25, 0.3) is 5.65 Å². The zero-order valence-corrected chi connectivity index (χ0v) is 9.84. The summed E-state index contributed by atoms with van der Waals surface area (Å²) in [7, 11) is 0. The molecule has 1 unspecified atom stereocenters. The Morgan fingerprint density at radius 2 is 2.12 bits per heavy atom. The van der Waals surface area contributed by atoms with Crippen LogP contribution in [0.3, 0.4) is 0 Å². The molecule has 0 bridgehead atoms. The maximum atomic E-state index is 4.30. The second-order valence-electron chi connectivity index (χ2n) is 4.57. The molecule has 1 saturated heterocycles. The van der Waals surface area contributed by atoms with Crippen LogP contribution in [0.5, 0.6) is 0 Å². The molecule has 2 aromatic heterocycles. The highest BCUT2D eigenvalue weighted by Crippen LogP contribution is 2.21. The zero-order valence-electron chi connectivity index (χ0n) is 9.84. The highest BCUT2D eigenvalue weighted by Gasteiger charge is 2.18. The SMILES string of the molecule is c1cn2c(C3CCCCCCN3)nnc2cn1. The van der Waals surface area contributed by atoms with Crippen molar-refractivity contribution in [2.45, 2.75) is 38.1 Å². The summed E-state index contributed by atoms with van der Waals surface area (Å²) in [4.78, 5) is 4.06. The van der Waals surface area contributed by atoms with Gasteiger partial charge in [0.15, 0.2) is 11.5 Å². The van der Waals surface area contributed by atoms with Crippen LogP contribution >= 0.6 is 0 Å². The van der Waals surface area contributed by atoms with E-state index in [1.807, 2.05) is 10.6 Å². The predicted molar refractivity (Wildman–Crippen MR) is 64.6 cm³/mol. The molecule has 1 N–H and O–H groups in total. The summed E-state index contributed by atoms with van der Waals surface area (Å²) >= 11 is 0. The van der Waals surface area contributed by atoms with Crippen molar-refractivity contribution in [3.05, 3.63) is 24.4 Å². The normalized spacial score (nSPS) is 22.2. The molecule has 1 fully saturated rings. The van der Waals surface area contributed by atoms with Gasteiger partial charge in [0.1, 0.15) is 0 Å². The Balaban J connectivity index is 1.90. The van der Waals surface area contributed by atoms with Crippen LogP contribution in [-0.2, 0) is 0 Å². The maximum Gasteiger partial charge on any atom is 0.179 e. The first-order valence-electron chi connectivity index (χ1n) is 6.33. The molecule has 0 aliphatic carbocycles. The quantitative estimate of drug-likeness (QED) is 0.812. The van der Waals surface area contributed by atoms with E-state index in [0.717, 1.165) is 24.4 Å². The highest BCUT2D eigenvalue weighted by atomic mass is 15.3. The van der Waals surface area contributed by atoms with Crippen LogP contribution in [0.2, 0.25) is 0 Å². The summed E-state index contributed by atoms with van der Waals surface area (Å²) in [6, 6.07) is 0.327. The molecule has 2 aromatic rings. The number of fused-ring (bicyclic) bond motifs is 1. The Morgan fingerprint density at radius 1 is 1.18 bits per heavy atom. The van der Waals surface area contributed by atoms with Crippen molar-refractivity contribution in [2.24, 2.45) is 0 Å². The number of aromatic nitrogens is 4. The fraction of sp³-hybridized carbons (Fsp3) is 0.583. The predicted octanol–water partition coefficient (Wildman–Crippen LogP) is 1.72. The number of hydrogen-bond acceptors (Lipinski definition) is 4.